The largest absolute Gasteiger partial charge is 0.481 e. The summed E-state index contributed by atoms with van der Waals surface area (Å²) in [5, 5.41) is 8.52. The molecular formula is C12H17NO3. The standard InChI is InChI=1S/C12H17NO3/c14-12(15)7-3-6-11-13-10(8-16-11)9-4-1-2-5-9/h8-9H,1-7H2,(H,14,15). The summed E-state index contributed by atoms with van der Waals surface area (Å²) < 4.78 is 5.35. The molecule has 16 heavy (non-hydrogen) atoms. The molecule has 2 rings (SSSR count). The van der Waals surface area contributed by atoms with Crippen LogP contribution >= 0.6 is 0 Å². The fraction of sp³-hybridized carbons (Fsp3) is 0.667. The Morgan fingerprint density at radius 2 is 2.25 bits per heavy atom. The number of hydrogen-bond acceptors (Lipinski definition) is 3. The van der Waals surface area contributed by atoms with E-state index in [2.05, 4.69) is 4.98 Å². The van der Waals surface area contributed by atoms with Crippen LogP contribution < -0.4 is 0 Å². The summed E-state index contributed by atoms with van der Waals surface area (Å²) in [6.07, 6.45) is 8.13. The van der Waals surface area contributed by atoms with Crippen LogP contribution in [0, 0.1) is 0 Å². The molecule has 0 amide bonds. The van der Waals surface area contributed by atoms with Gasteiger partial charge in [0.05, 0.1) is 5.69 Å². The fourth-order valence-corrected chi connectivity index (χ4v) is 2.24. The van der Waals surface area contributed by atoms with Crippen LogP contribution in [0.25, 0.3) is 0 Å². The summed E-state index contributed by atoms with van der Waals surface area (Å²) >= 11 is 0. The first-order valence-electron chi connectivity index (χ1n) is 5.92. The maximum absolute atomic E-state index is 10.4. The first kappa shape index (κ1) is 11.2. The minimum Gasteiger partial charge on any atom is -0.481 e. The SMILES string of the molecule is O=C(O)CCCc1nc(C2CCCC2)co1. The molecule has 1 aromatic rings. The van der Waals surface area contributed by atoms with E-state index in [1.165, 1.54) is 25.7 Å². The maximum atomic E-state index is 10.4. The van der Waals surface area contributed by atoms with Crippen LogP contribution in [-0.4, -0.2) is 16.1 Å². The molecule has 0 bridgehead atoms. The highest BCUT2D eigenvalue weighted by Crippen LogP contribution is 2.33. The van der Waals surface area contributed by atoms with E-state index in [1.807, 2.05) is 0 Å². The highest BCUT2D eigenvalue weighted by molar-refractivity contribution is 5.66. The number of carbonyl (C=O) groups is 1. The second-order valence-corrected chi connectivity index (χ2v) is 4.39. The molecule has 1 aliphatic rings. The molecule has 1 N–H and O–H groups in total. The third kappa shape index (κ3) is 2.84. The number of hydrogen-bond donors (Lipinski definition) is 1. The van der Waals surface area contributed by atoms with Gasteiger partial charge in [-0.15, -0.1) is 0 Å². The van der Waals surface area contributed by atoms with Crippen molar-refractivity contribution in [2.24, 2.45) is 0 Å². The van der Waals surface area contributed by atoms with Crippen molar-refractivity contribution in [2.75, 3.05) is 0 Å². The van der Waals surface area contributed by atoms with E-state index in [0.29, 0.717) is 24.7 Å². The van der Waals surface area contributed by atoms with Gasteiger partial charge in [-0.3, -0.25) is 4.79 Å². The van der Waals surface area contributed by atoms with Crippen LogP contribution in [0.4, 0.5) is 0 Å². The molecule has 4 nitrogen and oxygen atoms in total. The van der Waals surface area contributed by atoms with Crippen molar-refractivity contribution in [1.29, 1.82) is 0 Å². The summed E-state index contributed by atoms with van der Waals surface area (Å²) in [6.45, 7) is 0. The predicted octanol–water partition coefficient (Wildman–Crippen LogP) is 2.74. The molecule has 1 saturated carbocycles. The third-order valence-corrected chi connectivity index (χ3v) is 3.12. The van der Waals surface area contributed by atoms with Crippen LogP contribution in [0.3, 0.4) is 0 Å². The van der Waals surface area contributed by atoms with E-state index in [-0.39, 0.29) is 6.42 Å². The fourth-order valence-electron chi connectivity index (χ4n) is 2.24. The smallest absolute Gasteiger partial charge is 0.303 e. The summed E-state index contributed by atoms with van der Waals surface area (Å²) in [6, 6.07) is 0. The Kier molecular flexibility index (Phi) is 3.59. The Morgan fingerprint density at radius 1 is 1.50 bits per heavy atom. The molecule has 1 fully saturated rings. The molecule has 1 aliphatic carbocycles. The van der Waals surface area contributed by atoms with Crippen molar-refractivity contribution in [3.63, 3.8) is 0 Å². The zero-order chi connectivity index (χ0) is 11.4. The topological polar surface area (TPSA) is 63.3 Å². The van der Waals surface area contributed by atoms with Crippen molar-refractivity contribution in [1.82, 2.24) is 4.98 Å². The number of aryl methyl sites for hydroxylation is 1. The number of aromatic nitrogens is 1. The van der Waals surface area contributed by atoms with Gasteiger partial charge in [-0.05, 0) is 19.3 Å². The minimum atomic E-state index is -0.762. The van der Waals surface area contributed by atoms with Crippen LogP contribution in [0.5, 0.6) is 0 Å². The average Bonchev–Trinajstić information content (AvgIpc) is 2.85. The van der Waals surface area contributed by atoms with Crippen molar-refractivity contribution in [2.45, 2.75) is 50.9 Å². The van der Waals surface area contributed by atoms with E-state index < -0.39 is 5.97 Å². The van der Waals surface area contributed by atoms with Gasteiger partial charge in [-0.25, -0.2) is 4.98 Å². The number of carboxylic acid groups (broad SMARTS) is 1. The minimum absolute atomic E-state index is 0.182. The van der Waals surface area contributed by atoms with E-state index in [4.69, 9.17) is 9.52 Å². The van der Waals surface area contributed by atoms with Crippen LogP contribution in [-0.2, 0) is 11.2 Å². The second-order valence-electron chi connectivity index (χ2n) is 4.39. The van der Waals surface area contributed by atoms with Crippen LogP contribution in [0.2, 0.25) is 0 Å². The molecule has 88 valence electrons. The molecule has 0 saturated heterocycles. The number of oxazole rings is 1. The number of aliphatic carboxylic acids is 1. The van der Waals surface area contributed by atoms with E-state index in [0.717, 1.165) is 5.69 Å². The van der Waals surface area contributed by atoms with Crippen LogP contribution in [0.15, 0.2) is 10.7 Å². The van der Waals surface area contributed by atoms with Gasteiger partial charge in [-0.1, -0.05) is 12.8 Å². The average molecular weight is 223 g/mol. The normalized spacial score (nSPS) is 16.8. The molecule has 1 heterocycles. The Balaban J connectivity index is 1.84. The van der Waals surface area contributed by atoms with E-state index in [9.17, 15) is 4.79 Å². The Morgan fingerprint density at radius 3 is 2.94 bits per heavy atom. The Hall–Kier alpha value is -1.32. The molecular weight excluding hydrogens is 206 g/mol. The van der Waals surface area contributed by atoms with Crippen molar-refractivity contribution >= 4 is 5.97 Å². The zero-order valence-electron chi connectivity index (χ0n) is 9.32. The van der Waals surface area contributed by atoms with Crippen molar-refractivity contribution in [3.8, 4) is 0 Å². The molecule has 0 aromatic carbocycles. The molecule has 0 aliphatic heterocycles. The van der Waals surface area contributed by atoms with Crippen LogP contribution in [0.1, 0.15) is 56.0 Å². The van der Waals surface area contributed by atoms with E-state index >= 15 is 0 Å². The third-order valence-electron chi connectivity index (χ3n) is 3.12. The van der Waals surface area contributed by atoms with Gasteiger partial charge in [0.1, 0.15) is 6.26 Å². The lowest BCUT2D eigenvalue weighted by Gasteiger charge is -2.01. The van der Waals surface area contributed by atoms with Gasteiger partial charge in [-0.2, -0.15) is 0 Å². The zero-order valence-corrected chi connectivity index (χ0v) is 9.32. The second kappa shape index (κ2) is 5.14. The summed E-state index contributed by atoms with van der Waals surface area (Å²) in [7, 11) is 0. The van der Waals surface area contributed by atoms with E-state index in [1.54, 1.807) is 6.26 Å². The predicted molar refractivity (Wildman–Crippen MR) is 58.3 cm³/mol. The highest BCUT2D eigenvalue weighted by Gasteiger charge is 2.20. The van der Waals surface area contributed by atoms with Gasteiger partial charge in [0.25, 0.3) is 0 Å². The van der Waals surface area contributed by atoms with Gasteiger partial charge in [0, 0.05) is 18.8 Å². The number of nitrogens with zero attached hydrogens (tertiary/aromatic N) is 1. The Labute approximate surface area is 94.7 Å². The number of carboxylic acids is 1. The summed E-state index contributed by atoms with van der Waals surface area (Å²) in [5.74, 6) is 0.489. The van der Waals surface area contributed by atoms with Gasteiger partial charge >= 0.3 is 5.97 Å². The maximum Gasteiger partial charge on any atom is 0.303 e. The quantitative estimate of drug-likeness (QED) is 0.833. The first-order chi connectivity index (χ1) is 7.75. The summed E-state index contributed by atoms with van der Waals surface area (Å²) in [4.78, 5) is 14.8. The Bertz CT molecular complexity index is 353. The lowest BCUT2D eigenvalue weighted by molar-refractivity contribution is -0.137. The molecule has 0 radical (unpaired) electrons. The van der Waals surface area contributed by atoms with Gasteiger partial charge in [0.15, 0.2) is 5.89 Å². The first-order valence-corrected chi connectivity index (χ1v) is 5.92. The van der Waals surface area contributed by atoms with Gasteiger partial charge in [0.2, 0.25) is 0 Å². The van der Waals surface area contributed by atoms with Gasteiger partial charge < -0.3 is 9.52 Å². The van der Waals surface area contributed by atoms with Crippen molar-refractivity contribution < 1.29 is 14.3 Å². The highest BCUT2D eigenvalue weighted by atomic mass is 16.4. The summed E-state index contributed by atoms with van der Waals surface area (Å²) in [5.41, 5.74) is 1.06. The monoisotopic (exact) mass is 223 g/mol. The number of rotatable bonds is 5. The molecule has 0 atom stereocenters. The molecule has 4 heteroatoms. The molecule has 0 spiro atoms. The van der Waals surface area contributed by atoms with Crippen molar-refractivity contribution in [3.05, 3.63) is 17.8 Å². The lowest BCUT2D eigenvalue weighted by Crippen LogP contribution is -1.97. The molecule has 1 aromatic heterocycles. The molecule has 0 unspecified atom stereocenters. The lowest BCUT2D eigenvalue weighted by atomic mass is 10.1.